The third kappa shape index (κ3) is 1.60. The van der Waals surface area contributed by atoms with E-state index in [4.69, 9.17) is 0 Å². The Hall–Kier alpha value is -0.670. The van der Waals surface area contributed by atoms with Gasteiger partial charge in [0.1, 0.15) is 0 Å². The van der Waals surface area contributed by atoms with Crippen LogP contribution in [0.25, 0.3) is 0 Å². The lowest BCUT2D eigenvalue weighted by atomic mass is 9.46. The Morgan fingerprint density at radius 2 is 2.04 bits per heavy atom. The summed E-state index contributed by atoms with van der Waals surface area (Å²) in [6.45, 7) is 6.68. The molecular formula is C21H31NO2. The molecular weight excluding hydrogens is 298 g/mol. The van der Waals surface area contributed by atoms with Gasteiger partial charge in [0.15, 0.2) is 5.78 Å². The first-order valence-electron chi connectivity index (χ1n) is 9.99. The molecule has 5 aliphatic rings. The molecule has 0 bridgehead atoms. The summed E-state index contributed by atoms with van der Waals surface area (Å²) in [6.07, 6.45) is 10.2. The topological polar surface area (TPSA) is 59.2 Å². The van der Waals surface area contributed by atoms with Gasteiger partial charge in [0.2, 0.25) is 0 Å². The number of rotatable bonds is 1. The summed E-state index contributed by atoms with van der Waals surface area (Å²) in [4.78, 5) is 12.5. The quantitative estimate of drug-likeness (QED) is 0.573. The Labute approximate surface area is 145 Å². The SMILES string of the molecule is CC(=O)[C@]12N[C@H]1C[C@@H]1[C@H]3CC=C4C[C@@H](O)CC[C@]4(C)[C@@H]3CC[C@]12C. The van der Waals surface area contributed by atoms with Gasteiger partial charge >= 0.3 is 0 Å². The number of carbonyl (C=O) groups excluding carboxylic acids is 1. The Balaban J connectivity index is 1.51. The number of allylic oxidation sites excluding steroid dienone is 1. The van der Waals surface area contributed by atoms with Gasteiger partial charge < -0.3 is 5.11 Å². The number of fused-ring (bicyclic) bond motifs is 7. The summed E-state index contributed by atoms with van der Waals surface area (Å²) in [6, 6.07) is 0.440. The largest absolute Gasteiger partial charge is 0.393 e. The highest BCUT2D eigenvalue weighted by atomic mass is 16.3. The molecule has 3 saturated carbocycles. The van der Waals surface area contributed by atoms with Crippen LogP contribution in [-0.4, -0.2) is 28.6 Å². The van der Waals surface area contributed by atoms with Crippen LogP contribution in [0.15, 0.2) is 11.6 Å². The van der Waals surface area contributed by atoms with E-state index in [9.17, 15) is 9.90 Å². The number of Topliss-reactive ketones (excluding diaryl/α,β-unsaturated/α-hetero) is 1. The van der Waals surface area contributed by atoms with Crippen molar-refractivity contribution in [3.05, 3.63) is 11.6 Å². The van der Waals surface area contributed by atoms with Crippen molar-refractivity contribution < 1.29 is 9.90 Å². The highest BCUT2D eigenvalue weighted by Gasteiger charge is 2.77. The first-order valence-corrected chi connectivity index (χ1v) is 9.99. The lowest BCUT2D eigenvalue weighted by molar-refractivity contribution is -0.126. The zero-order valence-corrected chi connectivity index (χ0v) is 15.3. The van der Waals surface area contributed by atoms with Crippen molar-refractivity contribution in [3.63, 3.8) is 0 Å². The van der Waals surface area contributed by atoms with Crippen LogP contribution in [-0.2, 0) is 4.79 Å². The fourth-order valence-corrected chi connectivity index (χ4v) is 7.92. The fraction of sp³-hybridized carbons (Fsp3) is 0.857. The van der Waals surface area contributed by atoms with Crippen LogP contribution in [0.3, 0.4) is 0 Å². The maximum atomic E-state index is 12.5. The average molecular weight is 329 g/mol. The minimum Gasteiger partial charge on any atom is -0.393 e. The summed E-state index contributed by atoms with van der Waals surface area (Å²) in [5, 5.41) is 13.7. The van der Waals surface area contributed by atoms with E-state index in [1.165, 1.54) is 31.3 Å². The molecule has 0 aromatic carbocycles. The second-order valence-corrected chi connectivity index (χ2v) is 9.91. The molecule has 0 unspecified atom stereocenters. The van der Waals surface area contributed by atoms with Gasteiger partial charge in [-0.1, -0.05) is 25.5 Å². The molecule has 3 nitrogen and oxygen atoms in total. The summed E-state index contributed by atoms with van der Waals surface area (Å²) in [5.41, 5.74) is 1.79. The molecule has 1 saturated heterocycles. The Morgan fingerprint density at radius 3 is 2.79 bits per heavy atom. The number of ketones is 1. The summed E-state index contributed by atoms with van der Waals surface area (Å²) in [7, 11) is 0. The first kappa shape index (κ1) is 15.6. The van der Waals surface area contributed by atoms with E-state index in [0.29, 0.717) is 23.2 Å². The highest BCUT2D eigenvalue weighted by molar-refractivity contribution is 5.92. The maximum absolute atomic E-state index is 12.5. The predicted molar refractivity (Wildman–Crippen MR) is 93.4 cm³/mol. The molecule has 0 radical (unpaired) electrons. The summed E-state index contributed by atoms with van der Waals surface area (Å²) >= 11 is 0. The van der Waals surface area contributed by atoms with Gasteiger partial charge in [-0.05, 0) is 80.5 Å². The Kier molecular flexibility index (Phi) is 2.94. The number of nitrogens with one attached hydrogen (secondary N) is 1. The Morgan fingerprint density at radius 1 is 1.25 bits per heavy atom. The lowest BCUT2D eigenvalue weighted by Gasteiger charge is -2.58. The Bertz CT molecular complexity index is 642. The van der Waals surface area contributed by atoms with Gasteiger partial charge in [-0.25, -0.2) is 0 Å². The van der Waals surface area contributed by atoms with Crippen molar-refractivity contribution in [2.24, 2.45) is 28.6 Å². The molecule has 8 atom stereocenters. The minimum absolute atomic E-state index is 0.126. The van der Waals surface area contributed by atoms with Crippen molar-refractivity contribution in [2.45, 2.75) is 83.4 Å². The van der Waals surface area contributed by atoms with Gasteiger partial charge in [0.25, 0.3) is 0 Å². The van der Waals surface area contributed by atoms with E-state index in [0.717, 1.165) is 31.1 Å². The molecule has 2 N–H and O–H groups in total. The molecule has 0 aromatic rings. The lowest BCUT2D eigenvalue weighted by Crippen LogP contribution is -2.55. The molecule has 0 spiro atoms. The number of hydrogen-bond acceptors (Lipinski definition) is 3. The molecule has 24 heavy (non-hydrogen) atoms. The standard InChI is InChI=1S/C21H31NO2/c1-12(23)21-18(22-21)11-17-15-5-4-13-10-14(24)6-8-19(13,2)16(15)7-9-20(17,21)3/h4,14-18,22,24H,5-11H2,1-3H3/t14-,15-,16+,17+,18-,19-,20+,21-/m0/s1. The minimum atomic E-state index is -0.198. The molecule has 1 aliphatic heterocycles. The second kappa shape index (κ2) is 4.54. The molecule has 4 aliphatic carbocycles. The van der Waals surface area contributed by atoms with Crippen LogP contribution in [0.1, 0.15) is 65.7 Å². The van der Waals surface area contributed by atoms with Crippen molar-refractivity contribution in [2.75, 3.05) is 0 Å². The number of carbonyl (C=O) groups is 1. The number of piperidine rings is 1. The molecule has 5 rings (SSSR count). The van der Waals surface area contributed by atoms with E-state index < -0.39 is 0 Å². The number of hydrogen-bond donors (Lipinski definition) is 2. The fourth-order valence-electron chi connectivity index (χ4n) is 7.92. The van der Waals surface area contributed by atoms with Crippen LogP contribution < -0.4 is 5.32 Å². The molecule has 0 amide bonds. The van der Waals surface area contributed by atoms with Gasteiger partial charge in [0, 0.05) is 6.04 Å². The van der Waals surface area contributed by atoms with Crippen LogP contribution in [0, 0.1) is 28.6 Å². The first-order chi connectivity index (χ1) is 11.3. The maximum Gasteiger partial charge on any atom is 0.151 e. The van der Waals surface area contributed by atoms with Gasteiger partial charge in [-0.2, -0.15) is 0 Å². The second-order valence-electron chi connectivity index (χ2n) is 9.91. The van der Waals surface area contributed by atoms with Gasteiger partial charge in [-0.3, -0.25) is 10.1 Å². The zero-order chi connectivity index (χ0) is 16.9. The predicted octanol–water partition coefficient (Wildman–Crippen LogP) is 3.22. The molecule has 1 heterocycles. The van der Waals surface area contributed by atoms with Crippen LogP contribution in [0.5, 0.6) is 0 Å². The van der Waals surface area contributed by atoms with Crippen molar-refractivity contribution in [3.8, 4) is 0 Å². The summed E-state index contributed by atoms with van der Waals surface area (Å²) in [5.74, 6) is 2.55. The number of aliphatic hydroxyl groups is 1. The normalized spacial score (nSPS) is 58.0. The zero-order valence-electron chi connectivity index (χ0n) is 15.3. The van der Waals surface area contributed by atoms with Crippen LogP contribution in [0.2, 0.25) is 0 Å². The van der Waals surface area contributed by atoms with E-state index in [-0.39, 0.29) is 17.1 Å². The van der Waals surface area contributed by atoms with Crippen molar-refractivity contribution in [1.82, 2.24) is 5.32 Å². The molecule has 4 fully saturated rings. The molecule has 0 aromatic heterocycles. The van der Waals surface area contributed by atoms with E-state index in [2.05, 4.69) is 25.2 Å². The molecule has 3 heteroatoms. The van der Waals surface area contributed by atoms with Crippen LogP contribution in [0.4, 0.5) is 0 Å². The van der Waals surface area contributed by atoms with E-state index in [1.54, 1.807) is 6.92 Å². The average Bonchev–Trinajstić information content (AvgIpc) is 3.21. The van der Waals surface area contributed by atoms with E-state index in [1.807, 2.05) is 0 Å². The van der Waals surface area contributed by atoms with E-state index >= 15 is 0 Å². The van der Waals surface area contributed by atoms with Crippen LogP contribution >= 0.6 is 0 Å². The highest BCUT2D eigenvalue weighted by Crippen LogP contribution is 2.70. The van der Waals surface area contributed by atoms with Gasteiger partial charge in [-0.15, -0.1) is 0 Å². The smallest absolute Gasteiger partial charge is 0.151 e. The van der Waals surface area contributed by atoms with Crippen molar-refractivity contribution >= 4 is 5.78 Å². The van der Waals surface area contributed by atoms with Crippen molar-refractivity contribution in [1.29, 1.82) is 0 Å². The monoisotopic (exact) mass is 329 g/mol. The number of aliphatic hydroxyl groups excluding tert-OH is 1. The third-order valence-corrected chi connectivity index (χ3v) is 9.25. The molecule has 132 valence electrons. The third-order valence-electron chi connectivity index (χ3n) is 9.25. The summed E-state index contributed by atoms with van der Waals surface area (Å²) < 4.78 is 0. The van der Waals surface area contributed by atoms with Gasteiger partial charge in [0.05, 0.1) is 11.6 Å².